The number of alkyl halides is 3. The van der Waals surface area contributed by atoms with Crippen molar-refractivity contribution in [2.45, 2.75) is 44.6 Å². The molecule has 0 radical (unpaired) electrons. The second kappa shape index (κ2) is 8.63. The molecule has 0 unspecified atom stereocenters. The molecule has 2 aromatic heterocycles. The highest BCUT2D eigenvalue weighted by Crippen LogP contribution is 2.38. The van der Waals surface area contributed by atoms with Gasteiger partial charge in [0.05, 0.1) is 28.9 Å². The molecular weight excluding hydrogens is 501 g/mol. The predicted octanol–water partition coefficient (Wildman–Crippen LogP) is 3.04. The minimum atomic E-state index is -4.58. The minimum Gasteiger partial charge on any atom is -0.394 e. The van der Waals surface area contributed by atoms with Gasteiger partial charge in [0.1, 0.15) is 11.6 Å². The third-order valence-corrected chi connectivity index (χ3v) is 6.97. The van der Waals surface area contributed by atoms with Crippen LogP contribution in [-0.4, -0.2) is 61.3 Å². The number of aromatic nitrogens is 3. The number of benzene rings is 1. The molecule has 5 rings (SSSR count). The zero-order valence-corrected chi connectivity index (χ0v) is 19.8. The summed E-state index contributed by atoms with van der Waals surface area (Å²) in [4.78, 5) is 30.9. The van der Waals surface area contributed by atoms with Crippen molar-refractivity contribution in [1.29, 1.82) is 0 Å². The van der Waals surface area contributed by atoms with Crippen LogP contribution in [0.3, 0.4) is 0 Å². The molecule has 2 aliphatic rings. The van der Waals surface area contributed by atoms with E-state index in [-0.39, 0.29) is 46.7 Å². The van der Waals surface area contributed by atoms with Gasteiger partial charge in [-0.25, -0.2) is 9.50 Å². The molecule has 0 bridgehead atoms. The average Bonchev–Trinajstić information content (AvgIpc) is 3.52. The van der Waals surface area contributed by atoms with Gasteiger partial charge in [-0.15, -0.1) is 5.10 Å². The van der Waals surface area contributed by atoms with Crippen LogP contribution in [0.15, 0.2) is 24.4 Å². The van der Waals surface area contributed by atoms with Crippen molar-refractivity contribution in [2.24, 2.45) is 5.92 Å². The average molecular weight is 523 g/mol. The van der Waals surface area contributed by atoms with Gasteiger partial charge in [0, 0.05) is 18.3 Å². The van der Waals surface area contributed by atoms with Crippen molar-refractivity contribution in [3.05, 3.63) is 46.1 Å². The van der Waals surface area contributed by atoms with Gasteiger partial charge in [-0.1, -0.05) is 11.6 Å². The van der Waals surface area contributed by atoms with Crippen LogP contribution in [-0.2, 0) is 6.54 Å². The second-order valence-electron chi connectivity index (χ2n) is 9.08. The van der Waals surface area contributed by atoms with Crippen LogP contribution in [0.2, 0.25) is 5.02 Å². The molecule has 9 nitrogen and oxygen atoms in total. The van der Waals surface area contributed by atoms with Crippen LogP contribution in [0.1, 0.15) is 46.0 Å². The summed E-state index contributed by atoms with van der Waals surface area (Å²) in [6.45, 7) is 0.474. The van der Waals surface area contributed by atoms with Crippen molar-refractivity contribution in [3.63, 3.8) is 0 Å². The Balaban J connectivity index is 1.50. The maximum Gasteiger partial charge on any atom is 0.408 e. The number of fused-ring (bicyclic) bond motifs is 2. The number of carbonyl (C=O) groups is 2. The number of hydrogen-bond donors (Lipinski definition) is 3. The number of nitrogen functional groups attached to an aromatic ring is 1. The van der Waals surface area contributed by atoms with E-state index in [1.807, 2.05) is 0 Å². The summed E-state index contributed by atoms with van der Waals surface area (Å²) < 4.78 is 41.1. The third-order valence-electron chi connectivity index (χ3n) is 6.67. The van der Waals surface area contributed by atoms with Crippen LogP contribution in [0.5, 0.6) is 0 Å². The van der Waals surface area contributed by atoms with Gasteiger partial charge >= 0.3 is 6.18 Å². The van der Waals surface area contributed by atoms with Crippen molar-refractivity contribution in [1.82, 2.24) is 24.8 Å². The molecular formula is C23H22ClF3N6O3. The van der Waals surface area contributed by atoms with Gasteiger partial charge in [0.25, 0.3) is 11.8 Å². The van der Waals surface area contributed by atoms with Crippen LogP contribution in [0.4, 0.5) is 19.0 Å². The SMILES string of the molecule is C[C@H](N1Cc2cc(-c3ccn4nc(N)c(C(=O)N[C@@H](CO)C5CC5)c4n3)cc(Cl)c2C1=O)C(F)(F)F. The first-order valence-corrected chi connectivity index (χ1v) is 11.6. The zero-order chi connectivity index (χ0) is 25.9. The van der Waals surface area contributed by atoms with Crippen molar-refractivity contribution in [2.75, 3.05) is 12.3 Å². The quantitative estimate of drug-likeness (QED) is 0.457. The predicted molar refractivity (Wildman–Crippen MR) is 124 cm³/mol. The fourth-order valence-electron chi connectivity index (χ4n) is 4.44. The number of nitrogens with two attached hydrogens (primary N) is 1. The fourth-order valence-corrected chi connectivity index (χ4v) is 4.76. The first-order chi connectivity index (χ1) is 17.0. The molecule has 1 fully saturated rings. The van der Waals surface area contributed by atoms with E-state index in [1.165, 1.54) is 10.6 Å². The highest BCUT2D eigenvalue weighted by Gasteiger charge is 2.45. The van der Waals surface area contributed by atoms with Crippen LogP contribution in [0.25, 0.3) is 16.9 Å². The van der Waals surface area contributed by atoms with E-state index < -0.39 is 30.1 Å². The molecule has 190 valence electrons. The Morgan fingerprint density at radius 1 is 1.36 bits per heavy atom. The molecule has 1 aromatic carbocycles. The van der Waals surface area contributed by atoms with Gasteiger partial charge in [-0.2, -0.15) is 13.2 Å². The molecule has 2 amide bonds. The topological polar surface area (TPSA) is 126 Å². The lowest BCUT2D eigenvalue weighted by atomic mass is 10.0. The molecule has 0 spiro atoms. The Morgan fingerprint density at radius 3 is 2.72 bits per heavy atom. The number of nitrogens with zero attached hydrogens (tertiary/aromatic N) is 4. The number of aliphatic hydroxyl groups excluding tert-OH is 1. The van der Waals surface area contributed by atoms with Gasteiger partial charge in [0.2, 0.25) is 0 Å². The second-order valence-corrected chi connectivity index (χ2v) is 9.49. The highest BCUT2D eigenvalue weighted by atomic mass is 35.5. The van der Waals surface area contributed by atoms with E-state index >= 15 is 0 Å². The zero-order valence-electron chi connectivity index (χ0n) is 19.0. The molecule has 1 aliphatic carbocycles. The highest BCUT2D eigenvalue weighted by molar-refractivity contribution is 6.34. The number of hydrogen-bond acceptors (Lipinski definition) is 6. The molecule has 13 heteroatoms. The Hall–Kier alpha value is -3.38. The summed E-state index contributed by atoms with van der Waals surface area (Å²) in [5.74, 6) is -1.14. The standard InChI is InChI=1S/C23H22ClF3N6O3/c1-10(23(25,26)27)32-8-13-6-12(7-14(24)17(13)22(32)36)15-4-5-33-20(29-15)18(19(28)31-33)21(35)30-16(9-34)11-2-3-11/h4-7,10-11,16,34H,2-3,8-9H2,1H3,(H2,28,31)(H,30,35)/t10-,16-/m0/s1. The largest absolute Gasteiger partial charge is 0.408 e. The number of halogens is 4. The number of nitrogens with one attached hydrogen (secondary N) is 1. The monoisotopic (exact) mass is 522 g/mol. The molecule has 1 saturated carbocycles. The summed E-state index contributed by atoms with van der Waals surface area (Å²) in [6.07, 6.45) is -1.20. The van der Waals surface area contributed by atoms with E-state index in [4.69, 9.17) is 17.3 Å². The number of aliphatic hydroxyl groups is 1. The van der Waals surface area contributed by atoms with Crippen molar-refractivity contribution in [3.8, 4) is 11.3 Å². The summed E-state index contributed by atoms with van der Waals surface area (Å²) in [5.41, 5.74) is 7.39. The smallest absolute Gasteiger partial charge is 0.394 e. The van der Waals surface area contributed by atoms with Gasteiger partial charge in [0.15, 0.2) is 11.5 Å². The molecule has 3 aromatic rings. The molecule has 36 heavy (non-hydrogen) atoms. The first kappa shape index (κ1) is 24.3. The first-order valence-electron chi connectivity index (χ1n) is 11.3. The number of rotatable bonds is 6. The van der Waals surface area contributed by atoms with Crippen LogP contribution in [0, 0.1) is 5.92 Å². The Labute approximate surface area is 208 Å². The van der Waals surface area contributed by atoms with Crippen LogP contribution >= 0.6 is 11.6 Å². The number of amides is 2. The molecule has 2 atom stereocenters. The summed E-state index contributed by atoms with van der Waals surface area (Å²) in [5, 5.41) is 16.5. The van der Waals surface area contributed by atoms with E-state index in [9.17, 15) is 27.9 Å². The summed E-state index contributed by atoms with van der Waals surface area (Å²) >= 11 is 6.33. The lowest BCUT2D eigenvalue weighted by Gasteiger charge is -2.26. The maximum absolute atomic E-state index is 13.2. The Bertz CT molecular complexity index is 1390. The lowest BCUT2D eigenvalue weighted by Crippen LogP contribution is -2.43. The Morgan fingerprint density at radius 2 is 2.08 bits per heavy atom. The minimum absolute atomic E-state index is 0.00672. The summed E-state index contributed by atoms with van der Waals surface area (Å²) in [6, 6.07) is 2.24. The lowest BCUT2D eigenvalue weighted by molar-refractivity contribution is -0.172. The normalized spacial score (nSPS) is 17.4. The fraction of sp³-hybridized carbons (Fsp3) is 0.391. The maximum atomic E-state index is 13.2. The van der Waals surface area contributed by atoms with Crippen molar-refractivity contribution < 1.29 is 27.9 Å². The van der Waals surface area contributed by atoms with Crippen molar-refractivity contribution >= 4 is 34.9 Å². The van der Waals surface area contributed by atoms with Gasteiger partial charge in [-0.3, -0.25) is 9.59 Å². The number of anilines is 1. The van der Waals surface area contributed by atoms with Gasteiger partial charge < -0.3 is 21.1 Å². The molecule has 1 aliphatic heterocycles. The third kappa shape index (κ3) is 4.13. The van der Waals surface area contributed by atoms with E-state index in [1.54, 1.807) is 18.3 Å². The molecule has 4 N–H and O–H groups in total. The van der Waals surface area contributed by atoms with E-state index in [0.29, 0.717) is 16.8 Å². The van der Waals surface area contributed by atoms with Crippen LogP contribution < -0.4 is 11.1 Å². The van der Waals surface area contributed by atoms with Gasteiger partial charge in [-0.05, 0) is 49.4 Å². The molecule has 3 heterocycles. The number of carbonyl (C=O) groups excluding carboxylic acids is 2. The van der Waals surface area contributed by atoms with E-state index in [0.717, 1.165) is 24.7 Å². The Kier molecular flexibility index (Phi) is 5.83. The summed E-state index contributed by atoms with van der Waals surface area (Å²) in [7, 11) is 0. The molecule has 0 saturated heterocycles. The van der Waals surface area contributed by atoms with E-state index in [2.05, 4.69) is 15.4 Å².